The summed E-state index contributed by atoms with van der Waals surface area (Å²) in [6.45, 7) is 0.130. The van der Waals surface area contributed by atoms with Crippen LogP contribution in [0.4, 0.5) is 11.4 Å². The summed E-state index contributed by atoms with van der Waals surface area (Å²) < 4.78 is 31.9. The Morgan fingerprint density at radius 3 is 2.29 bits per heavy atom. The average Bonchev–Trinajstić information content (AvgIpc) is 3.21. The molecule has 0 fully saturated rings. The van der Waals surface area contributed by atoms with Crippen molar-refractivity contribution in [1.29, 1.82) is 0 Å². The maximum absolute atomic E-state index is 12.8. The van der Waals surface area contributed by atoms with Crippen LogP contribution in [-0.2, 0) is 16.6 Å². The van der Waals surface area contributed by atoms with Crippen molar-refractivity contribution in [3.63, 3.8) is 0 Å². The van der Waals surface area contributed by atoms with E-state index in [0.717, 1.165) is 28.2 Å². The molecule has 0 unspecified atom stereocenters. The Bertz CT molecular complexity index is 1640. The summed E-state index contributed by atoms with van der Waals surface area (Å²) in [4.78, 5) is 12.8. The third-order valence-corrected chi connectivity index (χ3v) is 7.09. The van der Waals surface area contributed by atoms with Gasteiger partial charge in [-0.15, -0.1) is 0 Å². The van der Waals surface area contributed by atoms with Crippen LogP contribution in [0.3, 0.4) is 0 Å². The molecule has 0 saturated heterocycles. The van der Waals surface area contributed by atoms with Gasteiger partial charge in [-0.3, -0.25) is 9.10 Å². The summed E-state index contributed by atoms with van der Waals surface area (Å²) in [5, 5.41) is 5.43. The topological polar surface area (TPSA) is 79.6 Å². The fourth-order valence-corrected chi connectivity index (χ4v) is 4.96. The second-order valence-corrected chi connectivity index (χ2v) is 10.5. The Kier molecular flexibility index (Phi) is 5.96. The van der Waals surface area contributed by atoms with Gasteiger partial charge in [0.2, 0.25) is 10.0 Å². The number of nitrogens with zero attached hydrogens (tertiary/aromatic N) is 1. The predicted octanol–water partition coefficient (Wildman–Crippen LogP) is 6.46. The van der Waals surface area contributed by atoms with Crippen molar-refractivity contribution in [2.45, 2.75) is 6.54 Å². The number of amides is 1. The number of para-hydroxylation sites is 1. The van der Waals surface area contributed by atoms with E-state index in [1.165, 1.54) is 4.31 Å². The van der Waals surface area contributed by atoms with E-state index in [4.69, 9.17) is 16.0 Å². The van der Waals surface area contributed by atoms with Gasteiger partial charge in [-0.05, 0) is 60.2 Å². The molecule has 8 heteroatoms. The van der Waals surface area contributed by atoms with E-state index in [-0.39, 0.29) is 12.5 Å². The molecule has 1 heterocycles. The number of furan rings is 1. The van der Waals surface area contributed by atoms with Crippen LogP contribution in [0.1, 0.15) is 15.9 Å². The fourth-order valence-electron chi connectivity index (χ4n) is 3.94. The van der Waals surface area contributed by atoms with Crippen molar-refractivity contribution >= 4 is 60.8 Å². The number of carbonyl (C=O) groups is 1. The first-order valence-corrected chi connectivity index (χ1v) is 13.1. The standard InChI is InChI=1S/C27H21ClN2O4S/c1-35(32,33)30(22-13-10-20(28)11-14-22)17-18-6-8-19(9-7-18)27(31)29-21-12-15-24-23-4-2-3-5-25(23)34-26(24)16-21/h2-16H,17H2,1H3,(H,29,31). The monoisotopic (exact) mass is 504 g/mol. The van der Waals surface area contributed by atoms with Crippen molar-refractivity contribution in [2.24, 2.45) is 0 Å². The highest BCUT2D eigenvalue weighted by atomic mass is 35.5. The summed E-state index contributed by atoms with van der Waals surface area (Å²) >= 11 is 5.93. The van der Waals surface area contributed by atoms with E-state index >= 15 is 0 Å². The number of sulfonamides is 1. The molecule has 4 aromatic carbocycles. The second kappa shape index (κ2) is 9.09. The van der Waals surface area contributed by atoms with Gasteiger partial charge in [-0.2, -0.15) is 0 Å². The molecule has 35 heavy (non-hydrogen) atoms. The molecule has 0 bridgehead atoms. The molecule has 0 aliphatic carbocycles. The van der Waals surface area contributed by atoms with Crippen LogP contribution >= 0.6 is 11.6 Å². The Morgan fingerprint density at radius 2 is 1.57 bits per heavy atom. The number of hydrogen-bond donors (Lipinski definition) is 1. The summed E-state index contributed by atoms with van der Waals surface area (Å²) in [6, 6.07) is 26.8. The minimum absolute atomic E-state index is 0.130. The third-order valence-electron chi connectivity index (χ3n) is 5.69. The summed E-state index contributed by atoms with van der Waals surface area (Å²) in [5.41, 5.74) is 3.82. The largest absolute Gasteiger partial charge is 0.456 e. The van der Waals surface area contributed by atoms with Crippen molar-refractivity contribution in [1.82, 2.24) is 0 Å². The molecule has 176 valence electrons. The van der Waals surface area contributed by atoms with Crippen molar-refractivity contribution in [2.75, 3.05) is 15.9 Å². The van der Waals surface area contributed by atoms with Gasteiger partial charge in [0.1, 0.15) is 11.2 Å². The highest BCUT2D eigenvalue weighted by Gasteiger charge is 2.18. The molecule has 0 spiro atoms. The molecule has 6 nitrogen and oxygen atoms in total. The van der Waals surface area contributed by atoms with Crippen LogP contribution in [0.5, 0.6) is 0 Å². The van der Waals surface area contributed by atoms with Gasteiger partial charge in [-0.25, -0.2) is 8.42 Å². The van der Waals surface area contributed by atoms with Crippen molar-refractivity contribution < 1.29 is 17.6 Å². The summed E-state index contributed by atoms with van der Waals surface area (Å²) in [6.07, 6.45) is 1.16. The van der Waals surface area contributed by atoms with Gasteiger partial charge < -0.3 is 9.73 Å². The summed E-state index contributed by atoms with van der Waals surface area (Å²) in [5.74, 6) is -0.273. The van der Waals surface area contributed by atoms with E-state index in [2.05, 4.69) is 5.32 Å². The molecule has 5 rings (SSSR count). The number of rotatable bonds is 6. The number of nitrogens with one attached hydrogen (secondary N) is 1. The fraction of sp³-hybridized carbons (Fsp3) is 0.0741. The molecule has 1 aromatic heterocycles. The van der Waals surface area contributed by atoms with Crippen molar-refractivity contribution in [3.05, 3.63) is 107 Å². The Balaban J connectivity index is 1.32. The smallest absolute Gasteiger partial charge is 0.255 e. The Hall–Kier alpha value is -3.81. The van der Waals surface area contributed by atoms with Crippen LogP contribution in [0.15, 0.2) is 95.4 Å². The van der Waals surface area contributed by atoms with Crippen LogP contribution in [0, 0.1) is 0 Å². The van der Waals surface area contributed by atoms with Gasteiger partial charge in [0.05, 0.1) is 18.5 Å². The average molecular weight is 505 g/mol. The number of carbonyl (C=O) groups excluding carboxylic acids is 1. The second-order valence-electron chi connectivity index (χ2n) is 8.21. The first-order chi connectivity index (χ1) is 16.8. The lowest BCUT2D eigenvalue weighted by Gasteiger charge is -2.22. The highest BCUT2D eigenvalue weighted by molar-refractivity contribution is 7.92. The molecular formula is C27H21ClN2O4S. The van der Waals surface area contributed by atoms with Gasteiger partial charge in [-0.1, -0.05) is 41.9 Å². The molecule has 0 aliphatic rings. The Labute approximate surface area is 207 Å². The molecule has 0 saturated carbocycles. The number of hydrogen-bond acceptors (Lipinski definition) is 4. The van der Waals surface area contributed by atoms with Gasteiger partial charge in [0.15, 0.2) is 0 Å². The zero-order chi connectivity index (χ0) is 24.6. The predicted molar refractivity (Wildman–Crippen MR) is 141 cm³/mol. The van der Waals surface area contributed by atoms with Crippen LogP contribution < -0.4 is 9.62 Å². The molecule has 0 radical (unpaired) electrons. The van der Waals surface area contributed by atoms with Gasteiger partial charge in [0.25, 0.3) is 5.91 Å². The summed E-state index contributed by atoms with van der Waals surface area (Å²) in [7, 11) is -3.52. The lowest BCUT2D eigenvalue weighted by Crippen LogP contribution is -2.29. The molecule has 0 atom stereocenters. The number of fused-ring (bicyclic) bond motifs is 3. The maximum atomic E-state index is 12.8. The third kappa shape index (κ3) is 4.87. The Morgan fingerprint density at radius 1 is 0.886 bits per heavy atom. The first-order valence-electron chi connectivity index (χ1n) is 10.8. The SMILES string of the molecule is CS(=O)(=O)N(Cc1ccc(C(=O)Nc2ccc3c(c2)oc2ccccc23)cc1)c1ccc(Cl)cc1. The van der Waals surface area contributed by atoms with Gasteiger partial charge in [0, 0.05) is 33.1 Å². The van der Waals surface area contributed by atoms with E-state index in [9.17, 15) is 13.2 Å². The van der Waals surface area contributed by atoms with E-state index in [1.807, 2.05) is 36.4 Å². The van der Waals surface area contributed by atoms with E-state index in [0.29, 0.717) is 27.5 Å². The molecular weight excluding hydrogens is 484 g/mol. The number of anilines is 2. The zero-order valence-electron chi connectivity index (χ0n) is 18.7. The van der Waals surface area contributed by atoms with Crippen LogP contribution in [0.25, 0.3) is 21.9 Å². The molecule has 0 aliphatic heterocycles. The van der Waals surface area contributed by atoms with Crippen LogP contribution in [0.2, 0.25) is 5.02 Å². The van der Waals surface area contributed by atoms with E-state index in [1.54, 1.807) is 54.6 Å². The lowest BCUT2D eigenvalue weighted by molar-refractivity contribution is 0.102. The first kappa shape index (κ1) is 23.0. The molecule has 1 N–H and O–H groups in total. The van der Waals surface area contributed by atoms with Crippen molar-refractivity contribution in [3.8, 4) is 0 Å². The number of benzene rings is 4. The van der Waals surface area contributed by atoms with Gasteiger partial charge >= 0.3 is 0 Å². The number of halogens is 1. The van der Waals surface area contributed by atoms with Crippen LogP contribution in [-0.4, -0.2) is 20.6 Å². The molecule has 5 aromatic rings. The molecule has 1 amide bonds. The zero-order valence-corrected chi connectivity index (χ0v) is 20.3. The normalized spacial score (nSPS) is 11.6. The van der Waals surface area contributed by atoms with E-state index < -0.39 is 10.0 Å². The quantitative estimate of drug-likeness (QED) is 0.288. The maximum Gasteiger partial charge on any atom is 0.255 e. The minimum Gasteiger partial charge on any atom is -0.456 e. The minimum atomic E-state index is -3.52. The highest BCUT2D eigenvalue weighted by Crippen LogP contribution is 2.30. The lowest BCUT2D eigenvalue weighted by atomic mass is 10.1.